The van der Waals surface area contributed by atoms with Gasteiger partial charge in [-0.1, -0.05) is 6.07 Å². The highest BCUT2D eigenvalue weighted by Crippen LogP contribution is 2.17. The van der Waals surface area contributed by atoms with Crippen LogP contribution in [0.15, 0.2) is 41.6 Å². The summed E-state index contributed by atoms with van der Waals surface area (Å²) < 4.78 is 52.1. The zero-order valence-corrected chi connectivity index (χ0v) is 11.9. The molecular formula is C13H13F2N3O2S. The van der Waals surface area contributed by atoms with E-state index in [1.165, 1.54) is 12.3 Å². The molecule has 0 fully saturated rings. The van der Waals surface area contributed by atoms with Crippen molar-refractivity contribution in [3.8, 4) is 0 Å². The van der Waals surface area contributed by atoms with Gasteiger partial charge < -0.3 is 5.32 Å². The van der Waals surface area contributed by atoms with Gasteiger partial charge in [0.15, 0.2) is 16.7 Å². The molecule has 0 amide bonds. The molecule has 0 bridgehead atoms. The largest absolute Gasteiger partial charge is 0.316 e. The molecule has 1 aromatic heterocycles. The van der Waals surface area contributed by atoms with Crippen molar-refractivity contribution in [2.45, 2.75) is 11.6 Å². The third-order valence-corrected chi connectivity index (χ3v) is 3.92. The SMILES string of the molecule is CNCc1ccc(S(=O)(=O)Nc2ccc(F)c(F)c2)nc1. The number of hydrogen-bond acceptors (Lipinski definition) is 4. The van der Waals surface area contributed by atoms with Crippen LogP contribution in [-0.4, -0.2) is 20.4 Å². The number of halogens is 2. The predicted octanol–water partition coefficient (Wildman–Crippen LogP) is 1.88. The van der Waals surface area contributed by atoms with Crippen LogP contribution in [0.3, 0.4) is 0 Å². The fourth-order valence-electron chi connectivity index (χ4n) is 1.65. The average molecular weight is 313 g/mol. The predicted molar refractivity (Wildman–Crippen MR) is 74.2 cm³/mol. The number of benzene rings is 1. The lowest BCUT2D eigenvalue weighted by Crippen LogP contribution is -2.15. The van der Waals surface area contributed by atoms with Crippen molar-refractivity contribution in [3.05, 3.63) is 53.7 Å². The van der Waals surface area contributed by atoms with Gasteiger partial charge in [-0.15, -0.1) is 0 Å². The van der Waals surface area contributed by atoms with E-state index in [-0.39, 0.29) is 10.7 Å². The highest BCUT2D eigenvalue weighted by Gasteiger charge is 2.16. The Labute approximate surface area is 121 Å². The molecule has 21 heavy (non-hydrogen) atoms. The maximum Gasteiger partial charge on any atom is 0.279 e. The van der Waals surface area contributed by atoms with Gasteiger partial charge in [-0.3, -0.25) is 4.72 Å². The maximum atomic E-state index is 13.1. The Hall–Kier alpha value is -2.06. The van der Waals surface area contributed by atoms with Gasteiger partial charge >= 0.3 is 0 Å². The molecule has 0 radical (unpaired) electrons. The molecule has 2 rings (SSSR count). The maximum absolute atomic E-state index is 13.1. The summed E-state index contributed by atoms with van der Waals surface area (Å²) in [5, 5.41) is 2.71. The molecule has 0 aliphatic carbocycles. The summed E-state index contributed by atoms with van der Waals surface area (Å²) in [5.41, 5.74) is 0.749. The van der Waals surface area contributed by atoms with Gasteiger partial charge in [0.25, 0.3) is 10.0 Å². The molecule has 0 aliphatic rings. The van der Waals surface area contributed by atoms with Crippen molar-refractivity contribution in [1.29, 1.82) is 0 Å². The average Bonchev–Trinajstić information content (AvgIpc) is 2.44. The minimum absolute atomic E-state index is 0.0741. The van der Waals surface area contributed by atoms with Crippen molar-refractivity contribution >= 4 is 15.7 Å². The lowest BCUT2D eigenvalue weighted by molar-refractivity contribution is 0.509. The van der Waals surface area contributed by atoms with Gasteiger partial charge in [-0.05, 0) is 30.8 Å². The molecule has 0 spiro atoms. The summed E-state index contributed by atoms with van der Waals surface area (Å²) in [4.78, 5) is 3.85. The second-order valence-corrected chi connectivity index (χ2v) is 5.90. The van der Waals surface area contributed by atoms with Crippen molar-refractivity contribution < 1.29 is 17.2 Å². The Balaban J connectivity index is 2.23. The summed E-state index contributed by atoms with van der Waals surface area (Å²) >= 11 is 0. The lowest BCUT2D eigenvalue weighted by atomic mass is 10.3. The van der Waals surface area contributed by atoms with Gasteiger partial charge in [0.1, 0.15) is 0 Å². The molecule has 0 unspecified atom stereocenters. The van der Waals surface area contributed by atoms with E-state index in [0.717, 1.165) is 23.8 Å². The molecule has 5 nitrogen and oxygen atoms in total. The van der Waals surface area contributed by atoms with E-state index in [1.54, 1.807) is 13.1 Å². The molecule has 2 N–H and O–H groups in total. The number of sulfonamides is 1. The first-order valence-electron chi connectivity index (χ1n) is 6.00. The van der Waals surface area contributed by atoms with E-state index in [4.69, 9.17) is 0 Å². The molecule has 2 aromatic rings. The van der Waals surface area contributed by atoms with Crippen LogP contribution < -0.4 is 10.0 Å². The van der Waals surface area contributed by atoms with Crippen LogP contribution in [0.1, 0.15) is 5.56 Å². The Bertz CT molecular complexity index is 734. The van der Waals surface area contributed by atoms with Crippen LogP contribution in [0.2, 0.25) is 0 Å². The molecule has 0 saturated heterocycles. The van der Waals surface area contributed by atoms with Crippen molar-refractivity contribution in [2.24, 2.45) is 0 Å². The third kappa shape index (κ3) is 3.73. The molecule has 0 atom stereocenters. The van der Waals surface area contributed by atoms with Gasteiger partial charge in [0.05, 0.1) is 5.69 Å². The van der Waals surface area contributed by atoms with Gasteiger partial charge in [0, 0.05) is 18.8 Å². The second-order valence-electron chi connectivity index (χ2n) is 4.27. The molecule has 0 aliphatic heterocycles. The molecule has 1 heterocycles. The summed E-state index contributed by atoms with van der Waals surface area (Å²) in [5.74, 6) is -2.18. The quantitative estimate of drug-likeness (QED) is 0.884. The molecular weight excluding hydrogens is 300 g/mol. The first kappa shape index (κ1) is 15.3. The first-order valence-corrected chi connectivity index (χ1v) is 7.48. The zero-order valence-electron chi connectivity index (χ0n) is 11.1. The first-order chi connectivity index (χ1) is 9.92. The topological polar surface area (TPSA) is 71.1 Å². The highest BCUT2D eigenvalue weighted by atomic mass is 32.2. The van der Waals surface area contributed by atoms with E-state index in [9.17, 15) is 17.2 Å². The number of anilines is 1. The smallest absolute Gasteiger partial charge is 0.279 e. The Morgan fingerprint density at radius 2 is 1.90 bits per heavy atom. The Kier molecular flexibility index (Phi) is 4.49. The van der Waals surface area contributed by atoms with Crippen molar-refractivity contribution in [1.82, 2.24) is 10.3 Å². The summed E-state index contributed by atoms with van der Waals surface area (Å²) in [7, 11) is -2.19. The van der Waals surface area contributed by atoms with Gasteiger partial charge in [-0.25, -0.2) is 13.8 Å². The van der Waals surface area contributed by atoms with E-state index < -0.39 is 21.7 Å². The molecule has 8 heteroatoms. The minimum atomic E-state index is -3.95. The molecule has 112 valence electrons. The van der Waals surface area contributed by atoms with Crippen molar-refractivity contribution in [3.63, 3.8) is 0 Å². The second kappa shape index (κ2) is 6.15. The molecule has 1 aromatic carbocycles. The number of nitrogens with zero attached hydrogens (tertiary/aromatic N) is 1. The van der Waals surface area contributed by atoms with Crippen LogP contribution >= 0.6 is 0 Å². The van der Waals surface area contributed by atoms with E-state index in [2.05, 4.69) is 15.0 Å². The van der Waals surface area contributed by atoms with Crippen LogP contribution in [0.25, 0.3) is 0 Å². The van der Waals surface area contributed by atoms with Gasteiger partial charge in [0.2, 0.25) is 0 Å². The number of nitrogens with one attached hydrogen (secondary N) is 2. The van der Waals surface area contributed by atoms with Crippen molar-refractivity contribution in [2.75, 3.05) is 11.8 Å². The van der Waals surface area contributed by atoms with E-state index in [0.29, 0.717) is 6.54 Å². The Morgan fingerprint density at radius 3 is 2.48 bits per heavy atom. The monoisotopic (exact) mass is 313 g/mol. The lowest BCUT2D eigenvalue weighted by Gasteiger charge is -2.08. The van der Waals surface area contributed by atoms with E-state index in [1.807, 2.05) is 0 Å². The standard InChI is InChI=1S/C13H13F2N3O2S/c1-16-7-9-2-5-13(17-8-9)21(19,20)18-10-3-4-11(14)12(15)6-10/h2-6,8,16,18H,7H2,1H3. The van der Waals surface area contributed by atoms with Crippen LogP contribution in [-0.2, 0) is 16.6 Å². The van der Waals surface area contributed by atoms with Crippen LogP contribution in [0.4, 0.5) is 14.5 Å². The summed E-state index contributed by atoms with van der Waals surface area (Å²) in [6.45, 7) is 0.559. The number of pyridine rings is 1. The fraction of sp³-hybridized carbons (Fsp3) is 0.154. The van der Waals surface area contributed by atoms with Crippen LogP contribution in [0.5, 0.6) is 0 Å². The van der Waals surface area contributed by atoms with Crippen LogP contribution in [0, 0.1) is 11.6 Å². The number of hydrogen-bond donors (Lipinski definition) is 2. The zero-order chi connectivity index (χ0) is 15.5. The van der Waals surface area contributed by atoms with Gasteiger partial charge in [-0.2, -0.15) is 8.42 Å². The highest BCUT2D eigenvalue weighted by molar-refractivity contribution is 7.92. The number of rotatable bonds is 5. The van der Waals surface area contributed by atoms with E-state index >= 15 is 0 Å². The summed E-state index contributed by atoms with van der Waals surface area (Å²) in [6, 6.07) is 5.70. The third-order valence-electron chi connectivity index (χ3n) is 2.63. The Morgan fingerprint density at radius 1 is 1.14 bits per heavy atom. The minimum Gasteiger partial charge on any atom is -0.316 e. The normalized spacial score (nSPS) is 11.4. The molecule has 0 saturated carbocycles. The summed E-state index contributed by atoms with van der Waals surface area (Å²) in [6.07, 6.45) is 1.43. The number of aromatic nitrogens is 1. The fourth-order valence-corrected chi connectivity index (χ4v) is 2.63.